The van der Waals surface area contributed by atoms with Crippen LogP contribution in [0.15, 0.2) is 23.3 Å². The number of rotatable bonds is 4. The average molecular weight is 414 g/mol. The van der Waals surface area contributed by atoms with E-state index >= 15 is 0 Å². The Bertz CT molecular complexity index is 1030. The molecular formula is C19H19N5O2S2. The predicted octanol–water partition coefficient (Wildman–Crippen LogP) is 2.74. The molecule has 0 spiro atoms. The molecule has 0 fully saturated rings. The number of pyridine rings is 1. The summed E-state index contributed by atoms with van der Waals surface area (Å²) in [5.41, 5.74) is 6.25. The van der Waals surface area contributed by atoms with E-state index in [1.165, 1.54) is 28.2 Å². The number of aromatic nitrogens is 3. The third-order valence-electron chi connectivity index (χ3n) is 4.80. The van der Waals surface area contributed by atoms with Crippen LogP contribution in [0, 0.1) is 13.8 Å². The number of nitrogens with zero attached hydrogens (tertiary/aromatic N) is 4. The fourth-order valence-corrected chi connectivity index (χ4v) is 4.51. The van der Waals surface area contributed by atoms with Crippen molar-refractivity contribution in [2.45, 2.75) is 33.4 Å². The number of carbonyl (C=O) groups excluding carboxylic acids is 2. The first kappa shape index (κ1) is 18.7. The summed E-state index contributed by atoms with van der Waals surface area (Å²) in [5, 5.41) is 5.58. The van der Waals surface area contributed by atoms with Gasteiger partial charge >= 0.3 is 0 Å². The van der Waals surface area contributed by atoms with Crippen LogP contribution in [0.4, 0.5) is 0 Å². The van der Waals surface area contributed by atoms with Crippen LogP contribution in [-0.2, 0) is 19.5 Å². The van der Waals surface area contributed by atoms with E-state index in [1.807, 2.05) is 24.9 Å². The third kappa shape index (κ3) is 3.67. The third-order valence-corrected chi connectivity index (χ3v) is 6.34. The Balaban J connectivity index is 1.50. The molecule has 3 aromatic heterocycles. The van der Waals surface area contributed by atoms with Gasteiger partial charge in [-0.1, -0.05) is 0 Å². The number of fused-ring (bicyclic) bond motifs is 1. The summed E-state index contributed by atoms with van der Waals surface area (Å²) in [6, 6.07) is 0. The largest absolute Gasteiger partial charge is 0.347 e. The molecular weight excluding hydrogens is 394 g/mol. The summed E-state index contributed by atoms with van der Waals surface area (Å²) in [5.74, 6) is -0.179. The van der Waals surface area contributed by atoms with Crippen molar-refractivity contribution in [1.82, 2.24) is 25.2 Å². The SMILES string of the molecule is Cc1nc(C(=O)NCc2c(C)ncc3c2CCN(C(=O)c2cncs2)C3)cs1. The van der Waals surface area contributed by atoms with E-state index in [0.29, 0.717) is 30.2 Å². The van der Waals surface area contributed by atoms with Gasteiger partial charge in [-0.3, -0.25) is 19.6 Å². The Morgan fingerprint density at radius 3 is 2.82 bits per heavy atom. The molecule has 0 bridgehead atoms. The van der Waals surface area contributed by atoms with E-state index in [-0.39, 0.29) is 11.8 Å². The Morgan fingerprint density at radius 1 is 1.25 bits per heavy atom. The molecule has 3 aromatic rings. The molecule has 0 saturated heterocycles. The summed E-state index contributed by atoms with van der Waals surface area (Å²) < 4.78 is 0. The smallest absolute Gasteiger partial charge is 0.271 e. The first-order valence-corrected chi connectivity index (χ1v) is 10.6. The van der Waals surface area contributed by atoms with Crippen LogP contribution in [0.1, 0.15) is 47.6 Å². The van der Waals surface area contributed by atoms with Gasteiger partial charge in [-0.2, -0.15) is 0 Å². The highest BCUT2D eigenvalue weighted by Crippen LogP contribution is 2.25. The second-order valence-corrected chi connectivity index (χ2v) is 8.55. The molecule has 4 rings (SSSR count). The predicted molar refractivity (Wildman–Crippen MR) is 108 cm³/mol. The molecule has 0 atom stereocenters. The van der Waals surface area contributed by atoms with Crippen LogP contribution in [-0.4, -0.2) is 38.2 Å². The summed E-state index contributed by atoms with van der Waals surface area (Å²) >= 11 is 2.81. The van der Waals surface area contributed by atoms with Crippen LogP contribution < -0.4 is 5.32 Å². The van der Waals surface area contributed by atoms with Crippen molar-refractivity contribution >= 4 is 34.5 Å². The molecule has 9 heteroatoms. The van der Waals surface area contributed by atoms with Gasteiger partial charge in [0.05, 0.1) is 16.7 Å². The van der Waals surface area contributed by atoms with E-state index in [1.54, 1.807) is 17.1 Å². The molecule has 0 unspecified atom stereocenters. The molecule has 1 aliphatic rings. The molecule has 2 amide bonds. The summed E-state index contributed by atoms with van der Waals surface area (Å²) in [6.07, 6.45) is 4.19. The Kier molecular flexibility index (Phi) is 5.19. The number of hydrogen-bond acceptors (Lipinski definition) is 7. The van der Waals surface area contributed by atoms with E-state index in [0.717, 1.165) is 28.2 Å². The maximum absolute atomic E-state index is 12.6. The molecule has 0 saturated carbocycles. The molecule has 1 aliphatic heterocycles. The monoisotopic (exact) mass is 413 g/mol. The standard InChI is InChI=1S/C19H19N5O2S2/c1-11-15(6-22-18(25)16-9-27-12(2)23-16)14-3-4-24(8-13(14)5-21-11)19(26)17-7-20-10-28-17/h5,7,9-10H,3-4,6,8H2,1-2H3,(H,22,25). The highest BCUT2D eigenvalue weighted by Gasteiger charge is 2.25. The van der Waals surface area contributed by atoms with E-state index in [4.69, 9.17) is 0 Å². The van der Waals surface area contributed by atoms with Gasteiger partial charge < -0.3 is 10.2 Å². The van der Waals surface area contributed by atoms with Crippen LogP contribution in [0.3, 0.4) is 0 Å². The number of aryl methyl sites for hydroxylation is 2. The Morgan fingerprint density at radius 2 is 2.11 bits per heavy atom. The van der Waals surface area contributed by atoms with Crippen molar-refractivity contribution in [1.29, 1.82) is 0 Å². The topological polar surface area (TPSA) is 88.1 Å². The normalized spacial score (nSPS) is 13.3. The lowest BCUT2D eigenvalue weighted by Gasteiger charge is -2.30. The minimum Gasteiger partial charge on any atom is -0.347 e. The van der Waals surface area contributed by atoms with Crippen molar-refractivity contribution in [3.8, 4) is 0 Å². The van der Waals surface area contributed by atoms with Crippen molar-refractivity contribution < 1.29 is 9.59 Å². The summed E-state index contributed by atoms with van der Waals surface area (Å²) in [7, 11) is 0. The number of hydrogen-bond donors (Lipinski definition) is 1. The first-order chi connectivity index (χ1) is 13.5. The molecule has 0 aromatic carbocycles. The van der Waals surface area contributed by atoms with Crippen LogP contribution >= 0.6 is 22.7 Å². The van der Waals surface area contributed by atoms with Gasteiger partial charge in [-0.05, 0) is 37.0 Å². The lowest BCUT2D eigenvalue weighted by atomic mass is 9.94. The lowest BCUT2D eigenvalue weighted by Crippen LogP contribution is -2.36. The van der Waals surface area contributed by atoms with Crippen molar-refractivity contribution in [3.63, 3.8) is 0 Å². The van der Waals surface area contributed by atoms with E-state index in [9.17, 15) is 9.59 Å². The maximum Gasteiger partial charge on any atom is 0.271 e. The zero-order chi connectivity index (χ0) is 19.7. The van der Waals surface area contributed by atoms with Gasteiger partial charge in [0.1, 0.15) is 10.6 Å². The fourth-order valence-electron chi connectivity index (χ4n) is 3.33. The molecule has 1 N–H and O–H groups in total. The van der Waals surface area contributed by atoms with Crippen molar-refractivity contribution in [2.24, 2.45) is 0 Å². The number of carbonyl (C=O) groups is 2. The van der Waals surface area contributed by atoms with E-state index < -0.39 is 0 Å². The second-order valence-electron chi connectivity index (χ2n) is 6.60. The van der Waals surface area contributed by atoms with Gasteiger partial charge in [0, 0.05) is 36.9 Å². The number of amides is 2. The van der Waals surface area contributed by atoms with E-state index in [2.05, 4.69) is 20.3 Å². The summed E-state index contributed by atoms with van der Waals surface area (Å²) in [6.45, 7) is 5.39. The molecule has 4 heterocycles. The quantitative estimate of drug-likeness (QED) is 0.711. The Hall–Kier alpha value is -2.65. The molecule has 144 valence electrons. The molecule has 28 heavy (non-hydrogen) atoms. The van der Waals surface area contributed by atoms with Crippen LogP contribution in [0.2, 0.25) is 0 Å². The maximum atomic E-state index is 12.6. The van der Waals surface area contributed by atoms with Crippen LogP contribution in [0.25, 0.3) is 0 Å². The second kappa shape index (κ2) is 7.76. The highest BCUT2D eigenvalue weighted by atomic mass is 32.1. The average Bonchev–Trinajstić information content (AvgIpc) is 3.38. The first-order valence-electron chi connectivity index (χ1n) is 8.87. The Labute approximate surface area is 170 Å². The molecule has 7 nitrogen and oxygen atoms in total. The fraction of sp³-hybridized carbons (Fsp3) is 0.316. The number of thiazole rings is 2. The lowest BCUT2D eigenvalue weighted by molar-refractivity contribution is 0.0739. The van der Waals surface area contributed by atoms with Gasteiger partial charge in [0.2, 0.25) is 0 Å². The highest BCUT2D eigenvalue weighted by molar-refractivity contribution is 7.11. The van der Waals surface area contributed by atoms with Crippen LogP contribution in [0.5, 0.6) is 0 Å². The minimum atomic E-state index is -0.181. The summed E-state index contributed by atoms with van der Waals surface area (Å²) in [4.78, 5) is 40.1. The zero-order valence-electron chi connectivity index (χ0n) is 15.6. The van der Waals surface area contributed by atoms with Gasteiger partial charge in [-0.25, -0.2) is 4.98 Å². The van der Waals surface area contributed by atoms with Crippen molar-refractivity contribution in [3.05, 3.63) is 61.2 Å². The minimum absolute atomic E-state index is 0.00230. The van der Waals surface area contributed by atoms with Gasteiger partial charge in [0.25, 0.3) is 11.8 Å². The van der Waals surface area contributed by atoms with Gasteiger partial charge in [-0.15, -0.1) is 22.7 Å². The molecule has 0 radical (unpaired) electrons. The molecule has 0 aliphatic carbocycles. The van der Waals surface area contributed by atoms with Crippen molar-refractivity contribution in [2.75, 3.05) is 6.54 Å². The van der Waals surface area contributed by atoms with Gasteiger partial charge in [0.15, 0.2) is 0 Å². The number of nitrogens with one attached hydrogen (secondary N) is 1. The zero-order valence-corrected chi connectivity index (χ0v) is 17.2.